The topological polar surface area (TPSA) is 257 Å². The van der Waals surface area contributed by atoms with Crippen LogP contribution < -0.4 is 17.2 Å². The normalized spacial score (nSPS) is 15.3. The lowest BCUT2D eigenvalue weighted by molar-refractivity contribution is -0.128. The first-order valence-corrected chi connectivity index (χ1v) is 44.2. The van der Waals surface area contributed by atoms with E-state index in [4.69, 9.17) is 17.2 Å². The van der Waals surface area contributed by atoms with Gasteiger partial charge < -0.3 is 51.7 Å². The molecule has 0 bridgehead atoms. The summed E-state index contributed by atoms with van der Waals surface area (Å²) in [4.78, 5) is 105. The number of aliphatic hydroxyl groups is 1. The van der Waals surface area contributed by atoms with Crippen LogP contribution in [0.15, 0.2) is 244 Å². The van der Waals surface area contributed by atoms with Gasteiger partial charge in [-0.15, -0.1) is 0 Å². The van der Waals surface area contributed by atoms with Crippen LogP contribution in [0.25, 0.3) is 51.6 Å². The van der Waals surface area contributed by atoms with E-state index >= 15 is 0 Å². The fraction of sp³-hybridized carbons (Fsp3) is 0.337. The highest BCUT2D eigenvalue weighted by atomic mass is 16.3. The number of amides is 6. The minimum Gasteiger partial charge on any atom is -0.395 e. The maximum Gasteiger partial charge on any atom is 0.254 e. The number of fused-ring (bicyclic) bond motifs is 4. The van der Waals surface area contributed by atoms with Crippen molar-refractivity contribution in [2.45, 2.75) is 149 Å². The molecule has 9 aromatic rings. The van der Waals surface area contributed by atoms with Crippen molar-refractivity contribution < 1.29 is 33.9 Å². The van der Waals surface area contributed by atoms with Crippen LogP contribution in [-0.2, 0) is 32.8 Å². The number of piperidine rings is 2. The van der Waals surface area contributed by atoms with Crippen molar-refractivity contribution in [1.29, 1.82) is 0 Å². The van der Waals surface area contributed by atoms with E-state index in [1.165, 1.54) is 16.7 Å². The van der Waals surface area contributed by atoms with Crippen molar-refractivity contribution in [1.82, 2.24) is 29.4 Å². The molecule has 7 N–H and O–H groups in total. The molecule has 0 aromatic heterocycles. The summed E-state index contributed by atoms with van der Waals surface area (Å²) >= 11 is 0. The maximum absolute atomic E-state index is 13.4. The minimum atomic E-state index is -0.299. The zero-order chi connectivity index (χ0) is 86.5. The number of carbonyl (C=O) groups is 6. The molecule has 0 radical (unpaired) electrons. The second-order valence-corrected chi connectivity index (χ2v) is 33.1. The number of hydrogen-bond donors (Lipinski definition) is 4. The summed E-state index contributed by atoms with van der Waals surface area (Å²) in [5, 5.41) is 10.2. The van der Waals surface area contributed by atoms with E-state index in [9.17, 15) is 33.9 Å². The first-order valence-electron chi connectivity index (χ1n) is 44.2. The molecule has 0 aliphatic carbocycles. The highest BCUT2D eigenvalue weighted by Crippen LogP contribution is 2.40. The number of nitrogens with zero attached hydrogens (tertiary/aromatic N) is 9. The van der Waals surface area contributed by atoms with Gasteiger partial charge in [-0.1, -0.05) is 199 Å². The number of amidine groups is 3. The van der Waals surface area contributed by atoms with Crippen LogP contribution in [0.2, 0.25) is 0 Å². The van der Waals surface area contributed by atoms with Crippen molar-refractivity contribution in [3.8, 4) is 33.4 Å². The van der Waals surface area contributed by atoms with Gasteiger partial charge in [-0.25, -0.2) is 15.0 Å². The Balaban J connectivity index is 0.000000159. The summed E-state index contributed by atoms with van der Waals surface area (Å²) in [6.07, 6.45) is 16.6. The van der Waals surface area contributed by atoms with E-state index in [0.29, 0.717) is 95.7 Å². The van der Waals surface area contributed by atoms with Gasteiger partial charge in [0.2, 0.25) is 17.7 Å². The van der Waals surface area contributed by atoms with Gasteiger partial charge >= 0.3 is 0 Å². The van der Waals surface area contributed by atoms with Gasteiger partial charge in [0.05, 0.1) is 23.7 Å². The molecule has 0 spiro atoms. The number of hydrogen-bond acceptors (Lipinski definition) is 13. The van der Waals surface area contributed by atoms with Gasteiger partial charge in [0, 0.05) is 153 Å². The number of carbonyl (C=O) groups excluding carboxylic acids is 6. The van der Waals surface area contributed by atoms with Crippen LogP contribution in [0.1, 0.15) is 201 Å². The zero-order valence-electron chi connectivity index (χ0n) is 72.3. The lowest BCUT2D eigenvalue weighted by atomic mass is 9.73. The summed E-state index contributed by atoms with van der Waals surface area (Å²) in [5.74, 6) is 2.05. The average molecular weight is 1650 g/mol. The van der Waals surface area contributed by atoms with Gasteiger partial charge in [0.15, 0.2) is 0 Å². The van der Waals surface area contributed by atoms with E-state index in [-0.39, 0.29) is 47.5 Å². The van der Waals surface area contributed by atoms with Crippen LogP contribution in [0.4, 0.5) is 17.1 Å². The molecule has 123 heavy (non-hydrogen) atoms. The Morgan fingerprint density at radius 2 is 0.707 bits per heavy atom. The Labute approximate surface area is 725 Å². The Kier molecular flexibility index (Phi) is 30.0. The van der Waals surface area contributed by atoms with E-state index < -0.39 is 0 Å². The molecule has 9 aromatic carbocycles. The maximum atomic E-state index is 13.4. The van der Waals surface area contributed by atoms with E-state index in [2.05, 4.69) is 111 Å². The van der Waals surface area contributed by atoms with Crippen LogP contribution in [0, 0.1) is 0 Å². The Bertz CT molecular complexity index is 5430. The predicted octanol–water partition coefficient (Wildman–Crippen LogP) is 18.7. The molecule has 15 rings (SSSR count). The lowest BCUT2D eigenvalue weighted by Crippen LogP contribution is -2.46. The molecule has 6 aliphatic heterocycles. The van der Waals surface area contributed by atoms with Crippen LogP contribution in [0.3, 0.4) is 0 Å². The third kappa shape index (κ3) is 21.7. The standard InChI is InChI=1S/C36H42N4O3.C35H40N4O2.C33H36N4O2/c1-3-18-39(19-4-2)35(43)30-22-29-15-14-28(23-32(29)38-33(37)24-30)26-10-12-27(13-11-26)34(42)40-20-16-36(25-41,17-21-40)31-8-6-5-7-9-31;1-3-18-38(19-4-2)35(41)31-22-30-15-14-29(23-32(30)37-33(36)24-31)26-10-12-28(13-11-26)34(40)39-20-16-27(17-21-39)25-8-6-5-7-9-25;1-3-16-36(17-4-2)33(39)29-19-27-14-13-26(20-30(27)35-31(34)21-29)24-9-11-25(12-10-24)32(38)37-18-15-23-7-5-6-8-28(23)22-37/h5-15,22-23,41H,3-4,16-21,24-25H2,1-2H3,(H2,37,38);5-15,22-23,27H,3-4,16-21,24H2,1-2H3,(H2,36,37);5-14,19-20H,3-4,15-18,21-22H2,1-2H3,(H2,34,35). The molecule has 0 unspecified atom stereocenters. The second kappa shape index (κ2) is 41.8. The molecule has 0 saturated carbocycles. The molecule has 2 fully saturated rings. The van der Waals surface area contributed by atoms with E-state index in [1.807, 2.05) is 205 Å². The minimum absolute atomic E-state index is 0.00739. The molecule has 6 heterocycles. The number of nitrogens with two attached hydrogens (primary N) is 3. The zero-order valence-corrected chi connectivity index (χ0v) is 72.3. The van der Waals surface area contributed by atoms with Crippen molar-refractivity contribution in [3.05, 3.63) is 285 Å². The van der Waals surface area contributed by atoms with Crippen molar-refractivity contribution in [2.75, 3.05) is 78.6 Å². The number of aliphatic imine (C=N–C) groups is 3. The Morgan fingerprint density at radius 3 is 1.07 bits per heavy atom. The molecule has 19 heteroatoms. The molecular formula is C104H118N12O7. The molecule has 6 amide bonds. The first kappa shape index (κ1) is 88.2. The highest BCUT2D eigenvalue weighted by Gasteiger charge is 2.38. The number of benzene rings is 9. The lowest BCUT2D eigenvalue weighted by Gasteiger charge is -2.41. The number of rotatable bonds is 24. The molecule has 19 nitrogen and oxygen atoms in total. The van der Waals surface area contributed by atoms with Gasteiger partial charge in [-0.3, -0.25) is 28.8 Å². The van der Waals surface area contributed by atoms with Crippen LogP contribution in [0.5, 0.6) is 0 Å². The van der Waals surface area contributed by atoms with Gasteiger partial charge in [0.1, 0.15) is 17.5 Å². The average Bonchev–Trinajstić information content (AvgIpc) is 1.77. The first-order chi connectivity index (χ1) is 59.8. The third-order valence-electron chi connectivity index (χ3n) is 24.2. The summed E-state index contributed by atoms with van der Waals surface area (Å²) in [7, 11) is 0. The van der Waals surface area contributed by atoms with E-state index in [1.54, 1.807) is 0 Å². The van der Waals surface area contributed by atoms with E-state index in [0.717, 1.165) is 202 Å². The van der Waals surface area contributed by atoms with Crippen molar-refractivity contribution in [2.24, 2.45) is 32.2 Å². The molecule has 0 atom stereocenters. The summed E-state index contributed by atoms with van der Waals surface area (Å²) in [5.41, 5.74) is 38.4. The van der Waals surface area contributed by atoms with Gasteiger partial charge in [0.25, 0.3) is 17.7 Å². The Hall–Kier alpha value is -12.6. The summed E-state index contributed by atoms with van der Waals surface area (Å²) < 4.78 is 0. The predicted molar refractivity (Wildman–Crippen MR) is 498 cm³/mol. The van der Waals surface area contributed by atoms with Crippen LogP contribution >= 0.6 is 0 Å². The molecule has 2 saturated heterocycles. The highest BCUT2D eigenvalue weighted by molar-refractivity contribution is 6.08. The molecule has 6 aliphatic rings. The SMILES string of the molecule is CCCN(CCC)C(=O)C1=Cc2ccc(-c3ccc(C(=O)N4CCC(CO)(c5ccccc5)CC4)cc3)cc2N=C(N)C1.CCCN(CCC)C(=O)C1=Cc2ccc(-c3ccc(C(=O)N4CCC(c5ccccc5)CC4)cc3)cc2N=C(N)C1.CCCN(CCC)C(=O)C1=Cc2ccc(-c3ccc(C(=O)N4CCc5ccccc5C4)cc3)cc2N=C(N)C1. The Morgan fingerprint density at radius 1 is 0.382 bits per heavy atom. The van der Waals surface area contributed by atoms with Gasteiger partial charge in [-0.05, 0) is 205 Å². The van der Waals surface area contributed by atoms with Gasteiger partial charge in [-0.2, -0.15) is 0 Å². The third-order valence-corrected chi connectivity index (χ3v) is 24.2. The summed E-state index contributed by atoms with van der Waals surface area (Å²) in [6.45, 7) is 21.1. The fourth-order valence-electron chi connectivity index (χ4n) is 17.5. The molecule has 636 valence electrons. The van der Waals surface area contributed by atoms with Crippen molar-refractivity contribution in [3.63, 3.8) is 0 Å². The largest absolute Gasteiger partial charge is 0.395 e. The second-order valence-electron chi connectivity index (χ2n) is 33.1. The number of aliphatic hydroxyl groups excluding tert-OH is 1. The molecular weight excluding hydrogens is 1530 g/mol. The number of likely N-dealkylation sites (tertiary alicyclic amines) is 2. The monoisotopic (exact) mass is 1650 g/mol. The van der Waals surface area contributed by atoms with Crippen molar-refractivity contribution >= 4 is 88.2 Å². The quantitative estimate of drug-likeness (QED) is 0.0445. The fourth-order valence-corrected chi connectivity index (χ4v) is 17.5. The smallest absolute Gasteiger partial charge is 0.254 e. The van der Waals surface area contributed by atoms with Crippen LogP contribution in [-0.4, -0.2) is 166 Å². The summed E-state index contributed by atoms with van der Waals surface area (Å²) in [6, 6.07) is 70.3.